The first-order valence-electron chi connectivity index (χ1n) is 14.1. The minimum absolute atomic E-state index is 0.0565. The van der Waals surface area contributed by atoms with Gasteiger partial charge in [-0.3, -0.25) is 19.4 Å². The molecule has 2 aliphatic rings. The first-order valence-corrected chi connectivity index (χ1v) is 14.1. The summed E-state index contributed by atoms with van der Waals surface area (Å²) in [6.45, 7) is 1.49. The number of benzene rings is 1. The van der Waals surface area contributed by atoms with Crippen LogP contribution in [0.25, 0.3) is 28.0 Å². The lowest BCUT2D eigenvalue weighted by Crippen LogP contribution is -2.47. The molecule has 2 fully saturated rings. The number of pyridine rings is 2. The number of nitrogens with one attached hydrogen (secondary N) is 1. The molecule has 1 aromatic carbocycles. The number of Topliss-reactive ketones (excluding diaryl/α,β-unsaturated/α-hetero) is 1. The van der Waals surface area contributed by atoms with Crippen molar-refractivity contribution in [2.24, 2.45) is 0 Å². The minimum Gasteiger partial charge on any atom is -0.383 e. The molecule has 0 saturated carbocycles. The van der Waals surface area contributed by atoms with Crippen molar-refractivity contribution in [3.63, 3.8) is 0 Å². The molecule has 2 saturated heterocycles. The number of amides is 1. The zero-order chi connectivity index (χ0) is 29.0. The summed E-state index contributed by atoms with van der Waals surface area (Å²) in [4.78, 5) is 53.1. The van der Waals surface area contributed by atoms with E-state index in [1.54, 1.807) is 12.4 Å². The summed E-state index contributed by atoms with van der Waals surface area (Å²) in [6.07, 6.45) is 9.43. The number of anilines is 1. The van der Waals surface area contributed by atoms with Crippen molar-refractivity contribution >= 4 is 23.2 Å². The van der Waals surface area contributed by atoms with Crippen molar-refractivity contribution in [2.45, 2.75) is 50.6 Å². The molecule has 2 atom stereocenters. The molecule has 2 bridgehead atoms. The lowest BCUT2D eigenvalue weighted by molar-refractivity contribution is 0.0566. The van der Waals surface area contributed by atoms with Crippen LogP contribution in [0.1, 0.15) is 64.9 Å². The van der Waals surface area contributed by atoms with Crippen LogP contribution in [0.5, 0.6) is 0 Å². The maximum absolute atomic E-state index is 13.4. The average molecular weight is 560 g/mol. The SMILES string of the molecule is CC(=O)c1c(C2CC3CCC(C2)N3C(=O)c2c[nH]ccc2=O)nc2c(-c3ccc(-c4ccccc4)nc3)cnn2c1N. The standard InChI is InChI=1S/C32H29N7O3/c1-18(40)28-29(21-13-22-8-9-23(14-21)38(22)32(42)25-16-34-12-11-27(25)41)37-31-24(17-36-39(31)30(28)33)20-7-10-26(35-15-20)19-5-3-2-4-6-19/h2-7,10-12,15-17,21-23H,8-9,13-14,33H2,1H3,(H,34,41). The highest BCUT2D eigenvalue weighted by molar-refractivity contribution is 6.00. The van der Waals surface area contributed by atoms with E-state index in [0.29, 0.717) is 29.7 Å². The van der Waals surface area contributed by atoms with E-state index in [0.717, 1.165) is 35.2 Å². The molecule has 1 amide bonds. The van der Waals surface area contributed by atoms with Gasteiger partial charge in [-0.25, -0.2) is 4.98 Å². The Morgan fingerprint density at radius 2 is 1.74 bits per heavy atom. The van der Waals surface area contributed by atoms with Gasteiger partial charge in [0, 0.05) is 59.3 Å². The Morgan fingerprint density at radius 3 is 2.40 bits per heavy atom. The number of carbonyl (C=O) groups is 2. The highest BCUT2D eigenvalue weighted by Crippen LogP contribution is 2.45. The predicted octanol–water partition coefficient (Wildman–Crippen LogP) is 4.48. The first-order chi connectivity index (χ1) is 20.4. The van der Waals surface area contributed by atoms with Crippen LogP contribution in [-0.2, 0) is 0 Å². The summed E-state index contributed by atoms with van der Waals surface area (Å²) in [5, 5.41) is 4.49. The quantitative estimate of drug-likeness (QED) is 0.303. The lowest BCUT2D eigenvalue weighted by Gasteiger charge is -2.39. The van der Waals surface area contributed by atoms with Crippen molar-refractivity contribution in [3.05, 3.63) is 100 Å². The smallest absolute Gasteiger partial charge is 0.259 e. The largest absolute Gasteiger partial charge is 0.383 e. The van der Waals surface area contributed by atoms with Gasteiger partial charge in [-0.05, 0) is 38.7 Å². The van der Waals surface area contributed by atoms with E-state index in [9.17, 15) is 14.4 Å². The number of nitrogens with two attached hydrogens (primary N) is 1. The number of aromatic nitrogens is 5. The van der Waals surface area contributed by atoms with Gasteiger partial charge in [0.05, 0.1) is 23.1 Å². The number of fused-ring (bicyclic) bond motifs is 3. The molecule has 2 aliphatic heterocycles. The van der Waals surface area contributed by atoms with Crippen LogP contribution in [-0.4, -0.2) is 53.2 Å². The molecule has 6 heterocycles. The van der Waals surface area contributed by atoms with E-state index in [1.807, 2.05) is 47.4 Å². The summed E-state index contributed by atoms with van der Waals surface area (Å²) in [5.41, 5.74) is 11.5. The molecule has 10 heteroatoms. The van der Waals surface area contributed by atoms with Crippen LogP contribution in [0, 0.1) is 0 Å². The van der Waals surface area contributed by atoms with Gasteiger partial charge in [-0.1, -0.05) is 36.4 Å². The number of aromatic amines is 1. The maximum atomic E-state index is 13.4. The predicted molar refractivity (Wildman–Crippen MR) is 158 cm³/mol. The van der Waals surface area contributed by atoms with Crippen LogP contribution in [0.3, 0.4) is 0 Å². The summed E-state index contributed by atoms with van der Waals surface area (Å²) < 4.78 is 1.52. The van der Waals surface area contributed by atoms with Crippen LogP contribution < -0.4 is 11.2 Å². The molecule has 7 rings (SSSR count). The van der Waals surface area contributed by atoms with Crippen molar-refractivity contribution in [2.75, 3.05) is 5.73 Å². The molecule has 10 nitrogen and oxygen atoms in total. The zero-order valence-electron chi connectivity index (χ0n) is 23.0. The highest BCUT2D eigenvalue weighted by Gasteiger charge is 2.45. The van der Waals surface area contributed by atoms with Crippen molar-refractivity contribution in [3.8, 4) is 22.4 Å². The number of nitrogen functional groups attached to an aromatic ring is 1. The summed E-state index contributed by atoms with van der Waals surface area (Å²) in [5.74, 6) is -0.246. The Bertz CT molecular complexity index is 1880. The fourth-order valence-electron chi connectivity index (χ4n) is 6.68. The first kappa shape index (κ1) is 25.8. The summed E-state index contributed by atoms with van der Waals surface area (Å²) >= 11 is 0. The molecule has 4 aromatic heterocycles. The van der Waals surface area contributed by atoms with E-state index in [1.165, 1.54) is 29.9 Å². The van der Waals surface area contributed by atoms with Gasteiger partial charge < -0.3 is 15.6 Å². The fraction of sp³-hybridized carbons (Fsp3) is 0.250. The molecule has 42 heavy (non-hydrogen) atoms. The van der Waals surface area contributed by atoms with Gasteiger partial charge in [0.1, 0.15) is 11.4 Å². The van der Waals surface area contributed by atoms with E-state index in [-0.39, 0.29) is 46.5 Å². The highest BCUT2D eigenvalue weighted by atomic mass is 16.2. The molecule has 0 radical (unpaired) electrons. The van der Waals surface area contributed by atoms with Crippen LogP contribution in [0.4, 0.5) is 5.82 Å². The second-order valence-corrected chi connectivity index (χ2v) is 11.1. The van der Waals surface area contributed by atoms with Gasteiger partial charge in [-0.2, -0.15) is 9.61 Å². The Hall–Kier alpha value is -5.12. The van der Waals surface area contributed by atoms with E-state index in [2.05, 4.69) is 15.1 Å². The van der Waals surface area contributed by atoms with Crippen molar-refractivity contribution in [1.82, 2.24) is 29.5 Å². The molecule has 210 valence electrons. The molecular weight excluding hydrogens is 530 g/mol. The van der Waals surface area contributed by atoms with Crippen LogP contribution in [0.15, 0.2) is 78.1 Å². The molecule has 5 aromatic rings. The second-order valence-electron chi connectivity index (χ2n) is 11.1. The third kappa shape index (κ3) is 4.18. The minimum atomic E-state index is -0.293. The van der Waals surface area contributed by atoms with Gasteiger partial charge in [-0.15, -0.1) is 0 Å². The molecule has 3 N–H and O–H groups in total. The van der Waals surface area contributed by atoms with E-state index >= 15 is 0 Å². The molecule has 0 spiro atoms. The average Bonchev–Trinajstić information content (AvgIpc) is 3.55. The lowest BCUT2D eigenvalue weighted by atomic mass is 9.85. The summed E-state index contributed by atoms with van der Waals surface area (Å²) in [6, 6.07) is 15.2. The van der Waals surface area contributed by atoms with E-state index < -0.39 is 0 Å². The van der Waals surface area contributed by atoms with Crippen molar-refractivity contribution < 1.29 is 9.59 Å². The number of piperidine rings is 1. The number of rotatable bonds is 5. The zero-order valence-corrected chi connectivity index (χ0v) is 23.0. The number of H-pyrrole nitrogens is 1. The number of hydrogen-bond donors (Lipinski definition) is 2. The number of ketones is 1. The number of hydrogen-bond acceptors (Lipinski definition) is 7. The van der Waals surface area contributed by atoms with Gasteiger partial charge in [0.2, 0.25) is 0 Å². The van der Waals surface area contributed by atoms with Gasteiger partial charge >= 0.3 is 0 Å². The van der Waals surface area contributed by atoms with Crippen LogP contribution >= 0.6 is 0 Å². The Morgan fingerprint density at radius 1 is 0.976 bits per heavy atom. The fourth-order valence-corrected chi connectivity index (χ4v) is 6.68. The third-order valence-electron chi connectivity index (χ3n) is 8.62. The van der Waals surface area contributed by atoms with Crippen LogP contribution in [0.2, 0.25) is 0 Å². The van der Waals surface area contributed by atoms with Gasteiger partial charge in [0.15, 0.2) is 16.9 Å². The Balaban J connectivity index is 1.25. The molecule has 0 aliphatic carbocycles. The van der Waals surface area contributed by atoms with Crippen molar-refractivity contribution in [1.29, 1.82) is 0 Å². The van der Waals surface area contributed by atoms with E-state index in [4.69, 9.17) is 10.7 Å². The maximum Gasteiger partial charge on any atom is 0.259 e. The molecular formula is C32H29N7O3. The summed E-state index contributed by atoms with van der Waals surface area (Å²) in [7, 11) is 0. The Labute approximate surface area is 241 Å². The third-order valence-corrected chi connectivity index (χ3v) is 8.62. The Kier molecular flexibility index (Phi) is 6.18. The molecule has 2 unspecified atom stereocenters. The normalized spacial score (nSPS) is 19.7. The number of carbonyl (C=O) groups excluding carboxylic acids is 2. The van der Waals surface area contributed by atoms with Gasteiger partial charge in [0.25, 0.3) is 5.91 Å². The monoisotopic (exact) mass is 559 g/mol. The second kappa shape index (κ2) is 10.1. The topological polar surface area (TPSA) is 139 Å². The number of nitrogens with zero attached hydrogens (tertiary/aromatic N) is 5.